The first-order chi connectivity index (χ1) is 10.2. The lowest BCUT2D eigenvalue weighted by molar-refractivity contribution is 0.138. The van der Waals surface area contributed by atoms with Crippen molar-refractivity contribution in [2.45, 2.75) is 25.7 Å². The Labute approximate surface area is 128 Å². The second kappa shape index (κ2) is 6.69. The molecule has 1 aromatic carbocycles. The molecule has 1 aromatic rings. The van der Waals surface area contributed by atoms with Crippen LogP contribution in [0.2, 0.25) is 0 Å². The van der Waals surface area contributed by atoms with E-state index in [2.05, 4.69) is 48.2 Å². The van der Waals surface area contributed by atoms with Crippen molar-refractivity contribution >= 4 is 5.69 Å². The Hall–Kier alpha value is -1.22. The van der Waals surface area contributed by atoms with Crippen LogP contribution in [-0.4, -0.2) is 45.2 Å². The maximum Gasteiger partial charge on any atom is 0.121 e. The molecule has 1 saturated carbocycles. The predicted octanol–water partition coefficient (Wildman–Crippen LogP) is 3.25. The molecule has 116 valence electrons. The fourth-order valence-electron chi connectivity index (χ4n) is 3.07. The van der Waals surface area contributed by atoms with Crippen LogP contribution in [0, 0.1) is 11.8 Å². The molecule has 0 atom stereocenters. The van der Waals surface area contributed by atoms with Gasteiger partial charge in [0, 0.05) is 32.4 Å². The number of benzene rings is 1. The van der Waals surface area contributed by atoms with E-state index in [1.165, 1.54) is 51.0 Å². The standard InChI is InChI=1S/C18H28N2O/c1-19(2)17-4-3-5-18(12-17)21-14-16-8-10-20(11-9-16)13-15-6-7-15/h3-5,12,15-16H,6-11,13-14H2,1-2H3. The van der Waals surface area contributed by atoms with Gasteiger partial charge in [0.1, 0.15) is 5.75 Å². The number of piperidine rings is 1. The Balaban J connectivity index is 1.42. The van der Waals surface area contributed by atoms with E-state index in [0.717, 1.165) is 24.2 Å². The van der Waals surface area contributed by atoms with Crippen LogP contribution in [-0.2, 0) is 0 Å². The third-order valence-corrected chi connectivity index (χ3v) is 4.74. The number of nitrogens with zero attached hydrogens (tertiary/aromatic N) is 2. The third-order valence-electron chi connectivity index (χ3n) is 4.74. The minimum absolute atomic E-state index is 0.725. The molecule has 0 amide bonds. The highest BCUT2D eigenvalue weighted by atomic mass is 16.5. The van der Waals surface area contributed by atoms with E-state index in [4.69, 9.17) is 4.74 Å². The van der Waals surface area contributed by atoms with Gasteiger partial charge in [-0.2, -0.15) is 0 Å². The minimum atomic E-state index is 0.725. The molecule has 1 saturated heterocycles. The topological polar surface area (TPSA) is 15.7 Å². The van der Waals surface area contributed by atoms with E-state index in [0.29, 0.717) is 0 Å². The normalized spacial score (nSPS) is 20.5. The smallest absolute Gasteiger partial charge is 0.121 e. The lowest BCUT2D eigenvalue weighted by atomic mass is 9.97. The number of hydrogen-bond acceptors (Lipinski definition) is 3. The van der Waals surface area contributed by atoms with E-state index >= 15 is 0 Å². The molecule has 0 unspecified atom stereocenters. The van der Waals surface area contributed by atoms with Crippen molar-refractivity contribution in [2.75, 3.05) is 45.2 Å². The number of anilines is 1. The van der Waals surface area contributed by atoms with E-state index in [-0.39, 0.29) is 0 Å². The van der Waals surface area contributed by atoms with Gasteiger partial charge in [0.2, 0.25) is 0 Å². The molecule has 3 rings (SSSR count). The number of ether oxygens (including phenoxy) is 1. The molecule has 2 fully saturated rings. The molecule has 2 aliphatic rings. The summed E-state index contributed by atoms with van der Waals surface area (Å²) in [5, 5.41) is 0. The quantitative estimate of drug-likeness (QED) is 0.799. The van der Waals surface area contributed by atoms with Crippen molar-refractivity contribution < 1.29 is 4.74 Å². The zero-order valence-corrected chi connectivity index (χ0v) is 13.4. The van der Waals surface area contributed by atoms with E-state index in [1.807, 2.05) is 0 Å². The Bertz CT molecular complexity index is 448. The van der Waals surface area contributed by atoms with E-state index in [1.54, 1.807) is 0 Å². The molecule has 0 spiro atoms. The first kappa shape index (κ1) is 14.7. The van der Waals surface area contributed by atoms with Crippen LogP contribution in [0.15, 0.2) is 24.3 Å². The SMILES string of the molecule is CN(C)c1cccc(OCC2CCN(CC3CC3)CC2)c1. The summed E-state index contributed by atoms with van der Waals surface area (Å²) in [6, 6.07) is 8.38. The summed E-state index contributed by atoms with van der Waals surface area (Å²) in [7, 11) is 4.13. The van der Waals surface area contributed by atoms with Crippen molar-refractivity contribution in [2.24, 2.45) is 11.8 Å². The third kappa shape index (κ3) is 4.37. The average molecular weight is 288 g/mol. The van der Waals surface area contributed by atoms with Crippen LogP contribution in [0.4, 0.5) is 5.69 Å². The minimum Gasteiger partial charge on any atom is -0.493 e. The van der Waals surface area contributed by atoms with Crippen molar-refractivity contribution in [3.8, 4) is 5.75 Å². The van der Waals surface area contributed by atoms with Gasteiger partial charge in [-0.15, -0.1) is 0 Å². The second-order valence-corrected chi connectivity index (χ2v) is 6.89. The zero-order chi connectivity index (χ0) is 14.7. The highest BCUT2D eigenvalue weighted by Crippen LogP contribution is 2.31. The summed E-state index contributed by atoms with van der Waals surface area (Å²) in [6.07, 6.45) is 5.51. The molecule has 3 heteroatoms. The molecule has 1 heterocycles. The van der Waals surface area contributed by atoms with E-state index < -0.39 is 0 Å². The fourth-order valence-corrected chi connectivity index (χ4v) is 3.07. The van der Waals surface area contributed by atoms with Crippen LogP contribution in [0.1, 0.15) is 25.7 Å². The van der Waals surface area contributed by atoms with E-state index in [9.17, 15) is 0 Å². The van der Waals surface area contributed by atoms with Crippen LogP contribution in [0.5, 0.6) is 5.75 Å². The number of rotatable bonds is 6. The highest BCUT2D eigenvalue weighted by molar-refractivity contribution is 5.49. The largest absolute Gasteiger partial charge is 0.493 e. The molecule has 1 aliphatic heterocycles. The van der Waals surface area contributed by atoms with Crippen LogP contribution < -0.4 is 9.64 Å². The maximum atomic E-state index is 6.02. The molecule has 1 aliphatic carbocycles. The van der Waals surface area contributed by atoms with Crippen LogP contribution in [0.25, 0.3) is 0 Å². The van der Waals surface area contributed by atoms with Crippen molar-refractivity contribution in [1.82, 2.24) is 4.90 Å². The Morgan fingerprint density at radius 2 is 1.86 bits per heavy atom. The summed E-state index contributed by atoms with van der Waals surface area (Å²) in [4.78, 5) is 4.77. The van der Waals surface area contributed by atoms with Crippen LogP contribution >= 0.6 is 0 Å². The van der Waals surface area contributed by atoms with Crippen LogP contribution in [0.3, 0.4) is 0 Å². The molecule has 0 N–H and O–H groups in total. The van der Waals surface area contributed by atoms with Gasteiger partial charge in [0.15, 0.2) is 0 Å². The van der Waals surface area contributed by atoms with Gasteiger partial charge in [-0.25, -0.2) is 0 Å². The monoisotopic (exact) mass is 288 g/mol. The molecule has 21 heavy (non-hydrogen) atoms. The first-order valence-corrected chi connectivity index (χ1v) is 8.33. The lowest BCUT2D eigenvalue weighted by Gasteiger charge is -2.31. The van der Waals surface area contributed by atoms with Gasteiger partial charge in [0.05, 0.1) is 6.61 Å². The maximum absolute atomic E-state index is 6.02. The Morgan fingerprint density at radius 3 is 2.52 bits per heavy atom. The van der Waals surface area contributed by atoms with Crippen molar-refractivity contribution in [3.05, 3.63) is 24.3 Å². The fraction of sp³-hybridized carbons (Fsp3) is 0.667. The summed E-state index contributed by atoms with van der Waals surface area (Å²) in [5.41, 5.74) is 1.20. The summed E-state index contributed by atoms with van der Waals surface area (Å²) >= 11 is 0. The van der Waals surface area contributed by atoms with Crippen molar-refractivity contribution in [1.29, 1.82) is 0 Å². The molecular formula is C18H28N2O. The number of hydrogen-bond donors (Lipinski definition) is 0. The predicted molar refractivity (Wildman–Crippen MR) is 88.2 cm³/mol. The van der Waals surface area contributed by atoms with Crippen molar-refractivity contribution in [3.63, 3.8) is 0 Å². The highest BCUT2D eigenvalue weighted by Gasteiger charge is 2.27. The molecule has 0 aromatic heterocycles. The summed E-state index contributed by atoms with van der Waals surface area (Å²) in [6.45, 7) is 4.75. The molecule has 0 radical (unpaired) electrons. The lowest BCUT2D eigenvalue weighted by Crippen LogP contribution is -2.36. The number of likely N-dealkylation sites (tertiary alicyclic amines) is 1. The van der Waals surface area contributed by atoms with Gasteiger partial charge in [-0.3, -0.25) is 0 Å². The molecular weight excluding hydrogens is 260 g/mol. The zero-order valence-electron chi connectivity index (χ0n) is 13.4. The first-order valence-electron chi connectivity index (χ1n) is 8.33. The van der Waals surface area contributed by atoms with Gasteiger partial charge in [-0.1, -0.05) is 6.07 Å². The molecule has 3 nitrogen and oxygen atoms in total. The van der Waals surface area contributed by atoms with Gasteiger partial charge in [-0.05, 0) is 62.7 Å². The summed E-state index contributed by atoms with van der Waals surface area (Å²) in [5.74, 6) is 2.75. The average Bonchev–Trinajstić information content (AvgIpc) is 3.31. The van der Waals surface area contributed by atoms with Gasteiger partial charge in [0.25, 0.3) is 0 Å². The Morgan fingerprint density at radius 1 is 1.10 bits per heavy atom. The summed E-state index contributed by atoms with van der Waals surface area (Å²) < 4.78 is 6.02. The molecule has 0 bridgehead atoms. The Kier molecular flexibility index (Phi) is 4.69. The second-order valence-electron chi connectivity index (χ2n) is 6.89. The van der Waals surface area contributed by atoms with Gasteiger partial charge >= 0.3 is 0 Å². The van der Waals surface area contributed by atoms with Gasteiger partial charge < -0.3 is 14.5 Å².